The topological polar surface area (TPSA) is 66.5 Å². The molecule has 3 aromatic rings. The summed E-state index contributed by atoms with van der Waals surface area (Å²) >= 11 is 1.70. The van der Waals surface area contributed by atoms with E-state index in [9.17, 15) is 13.2 Å². The number of benzene rings is 3. The Balaban J connectivity index is 1.61. The van der Waals surface area contributed by atoms with Crippen molar-refractivity contribution < 1.29 is 13.2 Å². The monoisotopic (exact) mass is 482 g/mol. The average molecular weight is 483 g/mol. The third-order valence-electron chi connectivity index (χ3n) is 5.31. The zero-order valence-corrected chi connectivity index (χ0v) is 21.1. The van der Waals surface area contributed by atoms with Gasteiger partial charge in [-0.2, -0.15) is 0 Å². The molecule has 3 aromatic carbocycles. The van der Waals surface area contributed by atoms with Gasteiger partial charge in [0.1, 0.15) is 0 Å². The summed E-state index contributed by atoms with van der Waals surface area (Å²) in [6, 6.07) is 21.1. The molecule has 0 saturated heterocycles. The van der Waals surface area contributed by atoms with E-state index in [1.807, 2.05) is 44.2 Å². The highest BCUT2D eigenvalue weighted by Gasteiger charge is 2.21. The highest BCUT2D eigenvalue weighted by molar-refractivity contribution is 7.99. The number of para-hydroxylation sites is 1. The zero-order valence-electron chi connectivity index (χ0n) is 19.5. The van der Waals surface area contributed by atoms with E-state index >= 15 is 0 Å². The van der Waals surface area contributed by atoms with Crippen molar-refractivity contribution in [2.75, 3.05) is 22.9 Å². The second kappa shape index (κ2) is 10.9. The van der Waals surface area contributed by atoms with Gasteiger partial charge < -0.3 is 5.32 Å². The number of nitrogens with zero attached hydrogens (tertiary/aromatic N) is 1. The van der Waals surface area contributed by atoms with Gasteiger partial charge in [0, 0.05) is 22.8 Å². The first-order chi connectivity index (χ1) is 15.6. The fourth-order valence-electron chi connectivity index (χ4n) is 3.56. The molecular weight excluding hydrogens is 452 g/mol. The second-order valence-electron chi connectivity index (χ2n) is 8.12. The van der Waals surface area contributed by atoms with E-state index in [1.165, 1.54) is 21.0 Å². The molecule has 1 amide bonds. The molecular formula is C26H30N2O3S2. The van der Waals surface area contributed by atoms with Crippen molar-refractivity contribution in [3.63, 3.8) is 0 Å². The first-order valence-electron chi connectivity index (χ1n) is 10.8. The highest BCUT2D eigenvalue weighted by Crippen LogP contribution is 2.28. The van der Waals surface area contributed by atoms with Crippen LogP contribution in [0.15, 0.2) is 71.6 Å². The van der Waals surface area contributed by atoms with Crippen LogP contribution in [-0.4, -0.2) is 32.9 Å². The fourth-order valence-corrected chi connectivity index (χ4v) is 5.33. The van der Waals surface area contributed by atoms with Gasteiger partial charge in [0.2, 0.25) is 10.0 Å². The van der Waals surface area contributed by atoms with Gasteiger partial charge in [0.25, 0.3) is 5.91 Å². The van der Waals surface area contributed by atoms with Gasteiger partial charge in [-0.15, -0.1) is 11.8 Å². The lowest BCUT2D eigenvalue weighted by atomic mass is 10.1. The molecule has 0 unspecified atom stereocenters. The molecule has 0 spiro atoms. The normalized spacial score (nSPS) is 11.3. The molecule has 0 heterocycles. The molecule has 0 radical (unpaired) electrons. The number of hydrogen-bond donors (Lipinski definition) is 1. The van der Waals surface area contributed by atoms with E-state index in [0.717, 1.165) is 22.4 Å². The maximum Gasteiger partial charge on any atom is 0.251 e. The largest absolute Gasteiger partial charge is 0.351 e. The Morgan fingerprint density at radius 1 is 0.909 bits per heavy atom. The molecule has 0 aliphatic rings. The van der Waals surface area contributed by atoms with Crippen molar-refractivity contribution >= 4 is 33.4 Å². The number of thioether (sulfide) groups is 1. The summed E-state index contributed by atoms with van der Waals surface area (Å²) in [5, 5.41) is 2.94. The zero-order chi connectivity index (χ0) is 24.0. The number of amides is 1. The van der Waals surface area contributed by atoms with Crippen LogP contribution in [0.1, 0.15) is 32.6 Å². The van der Waals surface area contributed by atoms with Crippen LogP contribution in [0, 0.1) is 20.8 Å². The number of sulfonamides is 1. The first-order valence-corrected chi connectivity index (χ1v) is 13.6. The van der Waals surface area contributed by atoms with Crippen LogP contribution >= 0.6 is 11.8 Å². The number of carbonyl (C=O) groups excluding carboxylic acids is 1. The van der Waals surface area contributed by atoms with Crippen molar-refractivity contribution in [1.82, 2.24) is 5.32 Å². The van der Waals surface area contributed by atoms with Crippen LogP contribution in [-0.2, 0) is 16.6 Å². The molecule has 0 aliphatic heterocycles. The Hall–Kier alpha value is -2.77. The number of carbonyl (C=O) groups is 1. The van der Waals surface area contributed by atoms with Crippen LogP contribution in [0.2, 0.25) is 0 Å². The van der Waals surface area contributed by atoms with E-state index in [2.05, 4.69) is 36.5 Å². The predicted molar refractivity (Wildman–Crippen MR) is 138 cm³/mol. The minimum atomic E-state index is -3.48. The molecule has 0 aromatic heterocycles. The Labute approximate surface area is 201 Å². The lowest BCUT2D eigenvalue weighted by Crippen LogP contribution is -2.30. The van der Waals surface area contributed by atoms with E-state index in [4.69, 9.17) is 0 Å². The summed E-state index contributed by atoms with van der Waals surface area (Å²) in [5.41, 5.74) is 5.10. The Bertz CT molecular complexity index is 1190. The van der Waals surface area contributed by atoms with Crippen LogP contribution in [0.25, 0.3) is 0 Å². The number of aryl methyl sites for hydroxylation is 3. The van der Waals surface area contributed by atoms with Crippen molar-refractivity contribution in [2.45, 2.75) is 32.2 Å². The van der Waals surface area contributed by atoms with Crippen molar-refractivity contribution in [3.8, 4) is 0 Å². The van der Waals surface area contributed by atoms with Crippen molar-refractivity contribution in [2.24, 2.45) is 0 Å². The average Bonchev–Trinajstić information content (AvgIpc) is 2.77. The Morgan fingerprint density at radius 2 is 1.52 bits per heavy atom. The predicted octanol–water partition coefficient (Wildman–Crippen LogP) is 5.10. The quantitative estimate of drug-likeness (QED) is 0.340. The summed E-state index contributed by atoms with van der Waals surface area (Å²) < 4.78 is 26.5. The molecule has 0 atom stereocenters. The van der Waals surface area contributed by atoms with Gasteiger partial charge in [-0.3, -0.25) is 9.10 Å². The van der Waals surface area contributed by atoms with E-state index in [-0.39, 0.29) is 12.5 Å². The van der Waals surface area contributed by atoms with Gasteiger partial charge in [-0.1, -0.05) is 48.0 Å². The lowest BCUT2D eigenvalue weighted by molar-refractivity contribution is 0.0956. The van der Waals surface area contributed by atoms with E-state index < -0.39 is 10.0 Å². The highest BCUT2D eigenvalue weighted by atomic mass is 32.2. The SMILES string of the molecule is Cc1ccc(SCCNC(=O)c2ccc(CN(c3c(C)cccc3C)S(C)(=O)=O)cc2)cc1. The smallest absolute Gasteiger partial charge is 0.251 e. The molecule has 1 N–H and O–H groups in total. The van der Waals surface area contributed by atoms with E-state index in [1.54, 1.807) is 23.9 Å². The van der Waals surface area contributed by atoms with Gasteiger partial charge in [0.05, 0.1) is 18.5 Å². The Kier molecular flexibility index (Phi) is 8.21. The fraction of sp³-hybridized carbons (Fsp3) is 0.269. The van der Waals surface area contributed by atoms with Gasteiger partial charge in [-0.25, -0.2) is 8.42 Å². The molecule has 0 fully saturated rings. The van der Waals surface area contributed by atoms with Gasteiger partial charge in [-0.05, 0) is 61.7 Å². The molecule has 174 valence electrons. The molecule has 5 nitrogen and oxygen atoms in total. The summed E-state index contributed by atoms with van der Waals surface area (Å²) in [7, 11) is -3.48. The number of rotatable bonds is 9. The molecule has 0 saturated carbocycles. The third kappa shape index (κ3) is 6.85. The number of nitrogens with one attached hydrogen (secondary N) is 1. The molecule has 0 bridgehead atoms. The maximum atomic E-state index is 12.5. The maximum absolute atomic E-state index is 12.5. The minimum Gasteiger partial charge on any atom is -0.351 e. The molecule has 3 rings (SSSR count). The second-order valence-corrected chi connectivity index (χ2v) is 11.2. The number of anilines is 1. The molecule has 0 aliphatic carbocycles. The van der Waals surface area contributed by atoms with Crippen LogP contribution < -0.4 is 9.62 Å². The Morgan fingerprint density at radius 3 is 2.09 bits per heavy atom. The van der Waals surface area contributed by atoms with Crippen molar-refractivity contribution in [1.29, 1.82) is 0 Å². The van der Waals surface area contributed by atoms with Crippen LogP contribution in [0.5, 0.6) is 0 Å². The standard InChI is InChI=1S/C26H30N2O3S2/c1-19-8-14-24(15-9-19)32-17-16-27-26(29)23-12-10-22(11-13-23)18-28(33(4,30)31)25-20(2)6-5-7-21(25)3/h5-15H,16-18H2,1-4H3,(H,27,29). The molecule has 7 heteroatoms. The summed E-state index contributed by atoms with van der Waals surface area (Å²) in [6.45, 7) is 6.64. The van der Waals surface area contributed by atoms with Crippen LogP contribution in [0.4, 0.5) is 5.69 Å². The van der Waals surface area contributed by atoms with Gasteiger partial charge in [0.15, 0.2) is 0 Å². The van der Waals surface area contributed by atoms with Gasteiger partial charge >= 0.3 is 0 Å². The van der Waals surface area contributed by atoms with Crippen molar-refractivity contribution in [3.05, 3.63) is 94.5 Å². The number of hydrogen-bond acceptors (Lipinski definition) is 4. The summed E-state index contributed by atoms with van der Waals surface area (Å²) in [4.78, 5) is 13.7. The van der Waals surface area contributed by atoms with E-state index in [0.29, 0.717) is 17.8 Å². The third-order valence-corrected chi connectivity index (χ3v) is 7.43. The lowest BCUT2D eigenvalue weighted by Gasteiger charge is -2.26. The molecule has 33 heavy (non-hydrogen) atoms. The van der Waals surface area contributed by atoms with Crippen LogP contribution in [0.3, 0.4) is 0 Å². The minimum absolute atomic E-state index is 0.138. The summed E-state index contributed by atoms with van der Waals surface area (Å²) in [6.07, 6.45) is 1.22. The first kappa shape index (κ1) is 24.9. The summed E-state index contributed by atoms with van der Waals surface area (Å²) in [5.74, 6) is 0.646.